The van der Waals surface area contributed by atoms with Crippen LogP contribution in [-0.2, 0) is 14.6 Å². The molecule has 3 heterocycles. The molecule has 1 saturated heterocycles. The number of rotatable bonds is 6. The van der Waals surface area contributed by atoms with Crippen molar-refractivity contribution >= 4 is 20.9 Å². The summed E-state index contributed by atoms with van der Waals surface area (Å²) in [4.78, 5) is 8.39. The minimum atomic E-state index is -3.15. The Morgan fingerprint density at radius 3 is 2.52 bits per heavy atom. The van der Waals surface area contributed by atoms with Gasteiger partial charge in [0.1, 0.15) is 5.65 Å². The molecule has 0 bridgehead atoms. The predicted octanol–water partition coefficient (Wildman–Crippen LogP) is 4.45. The Morgan fingerprint density at radius 1 is 1.07 bits per heavy atom. The van der Waals surface area contributed by atoms with Gasteiger partial charge in [0, 0.05) is 36.4 Å². The summed E-state index contributed by atoms with van der Waals surface area (Å²) in [6, 6.07) is 13.8. The maximum absolute atomic E-state index is 12.6. The third kappa shape index (κ3) is 3.83. The number of ether oxygens (including phenoxy) is 1. The first-order chi connectivity index (χ1) is 14.1. The molecule has 1 aromatic carbocycles. The van der Waals surface area contributed by atoms with Gasteiger partial charge in [-0.05, 0) is 73.9 Å². The first-order valence-electron chi connectivity index (χ1n) is 10.5. The molecule has 0 radical (unpaired) electrons. The molecule has 1 N–H and O–H groups in total. The number of pyridine rings is 1. The Labute approximate surface area is 171 Å². The number of nitrogens with one attached hydrogen (secondary N) is 1. The minimum absolute atomic E-state index is 0.175. The van der Waals surface area contributed by atoms with Crippen molar-refractivity contribution in [3.63, 3.8) is 0 Å². The van der Waals surface area contributed by atoms with Crippen LogP contribution < -0.4 is 0 Å². The van der Waals surface area contributed by atoms with Crippen molar-refractivity contribution in [2.24, 2.45) is 5.92 Å². The highest BCUT2D eigenvalue weighted by molar-refractivity contribution is 7.92. The number of benzene rings is 1. The van der Waals surface area contributed by atoms with Gasteiger partial charge in [-0.1, -0.05) is 12.1 Å². The van der Waals surface area contributed by atoms with Crippen LogP contribution in [-0.4, -0.2) is 36.8 Å². The van der Waals surface area contributed by atoms with Crippen LogP contribution in [0.5, 0.6) is 0 Å². The Bertz CT molecular complexity index is 1060. The maximum atomic E-state index is 12.6. The summed E-state index contributed by atoms with van der Waals surface area (Å²) in [5.41, 5.74) is 3.19. The molecule has 2 aliphatic rings. The molecule has 3 aromatic rings. The van der Waals surface area contributed by atoms with Crippen molar-refractivity contribution in [2.75, 3.05) is 13.2 Å². The topological polar surface area (TPSA) is 72.1 Å². The summed E-state index contributed by atoms with van der Waals surface area (Å²) in [5.74, 6) is 0.785. The number of hydrogen-bond donors (Lipinski definition) is 1. The number of sulfone groups is 1. The fourth-order valence-electron chi connectivity index (χ4n) is 4.39. The van der Waals surface area contributed by atoms with E-state index in [4.69, 9.17) is 4.74 Å². The monoisotopic (exact) mass is 410 g/mol. The van der Waals surface area contributed by atoms with Crippen molar-refractivity contribution in [2.45, 2.75) is 48.2 Å². The molecular weight excluding hydrogens is 384 g/mol. The fraction of sp³-hybridized carbons (Fsp3) is 0.435. The molecule has 1 aliphatic heterocycles. The van der Waals surface area contributed by atoms with Gasteiger partial charge in [0.25, 0.3) is 0 Å². The number of fused-ring (bicyclic) bond motifs is 1. The van der Waals surface area contributed by atoms with Crippen molar-refractivity contribution < 1.29 is 13.2 Å². The maximum Gasteiger partial charge on any atom is 0.181 e. The van der Waals surface area contributed by atoms with Crippen LogP contribution >= 0.6 is 0 Å². The Hall–Kier alpha value is -2.18. The SMILES string of the molecule is O=S(=O)(c1ccc(C(CC2CCOCC2)c2cc3cccnc3[nH]2)cc1)C1CC1. The average molecular weight is 411 g/mol. The van der Waals surface area contributed by atoms with Crippen molar-refractivity contribution in [3.8, 4) is 0 Å². The van der Waals surface area contributed by atoms with E-state index in [0.717, 1.165) is 67.6 Å². The van der Waals surface area contributed by atoms with Crippen LogP contribution in [0.2, 0.25) is 0 Å². The van der Waals surface area contributed by atoms with Gasteiger partial charge in [-0.25, -0.2) is 13.4 Å². The third-order valence-corrected chi connectivity index (χ3v) is 8.55. The zero-order valence-corrected chi connectivity index (χ0v) is 17.2. The molecule has 1 saturated carbocycles. The van der Waals surface area contributed by atoms with E-state index in [1.54, 1.807) is 18.3 Å². The van der Waals surface area contributed by atoms with Crippen molar-refractivity contribution in [1.82, 2.24) is 9.97 Å². The lowest BCUT2D eigenvalue weighted by atomic mass is 9.83. The van der Waals surface area contributed by atoms with E-state index >= 15 is 0 Å². The zero-order chi connectivity index (χ0) is 19.8. The van der Waals surface area contributed by atoms with Gasteiger partial charge in [-0.2, -0.15) is 0 Å². The van der Waals surface area contributed by atoms with E-state index < -0.39 is 9.84 Å². The second kappa shape index (κ2) is 7.58. The van der Waals surface area contributed by atoms with Crippen LogP contribution in [0, 0.1) is 5.92 Å². The van der Waals surface area contributed by atoms with Crippen LogP contribution in [0.4, 0.5) is 0 Å². The molecule has 1 atom stereocenters. The summed E-state index contributed by atoms with van der Waals surface area (Å²) in [6.45, 7) is 1.65. The predicted molar refractivity (Wildman–Crippen MR) is 113 cm³/mol. The van der Waals surface area contributed by atoms with Gasteiger partial charge < -0.3 is 9.72 Å². The molecule has 29 heavy (non-hydrogen) atoms. The number of nitrogens with zero attached hydrogens (tertiary/aromatic N) is 1. The quantitative estimate of drug-likeness (QED) is 0.652. The highest BCUT2D eigenvalue weighted by Crippen LogP contribution is 2.37. The largest absolute Gasteiger partial charge is 0.381 e. The smallest absolute Gasteiger partial charge is 0.181 e. The van der Waals surface area contributed by atoms with Crippen molar-refractivity contribution in [1.29, 1.82) is 0 Å². The molecule has 0 spiro atoms. The lowest BCUT2D eigenvalue weighted by Crippen LogP contribution is -2.19. The average Bonchev–Trinajstić information content (AvgIpc) is 3.53. The van der Waals surface area contributed by atoms with Crippen LogP contribution in [0.3, 0.4) is 0 Å². The van der Waals surface area contributed by atoms with Gasteiger partial charge in [0.15, 0.2) is 9.84 Å². The van der Waals surface area contributed by atoms with E-state index in [1.165, 1.54) is 0 Å². The van der Waals surface area contributed by atoms with E-state index in [9.17, 15) is 8.42 Å². The van der Waals surface area contributed by atoms with Gasteiger partial charge in [0.05, 0.1) is 10.1 Å². The van der Waals surface area contributed by atoms with Gasteiger partial charge in [-0.15, -0.1) is 0 Å². The summed E-state index contributed by atoms with van der Waals surface area (Å²) >= 11 is 0. The van der Waals surface area contributed by atoms with Gasteiger partial charge in [-0.3, -0.25) is 0 Å². The Kier molecular flexibility index (Phi) is 4.92. The number of hydrogen-bond acceptors (Lipinski definition) is 4. The summed E-state index contributed by atoms with van der Waals surface area (Å²) in [5, 5.41) is 0.929. The minimum Gasteiger partial charge on any atom is -0.381 e. The third-order valence-electron chi connectivity index (χ3n) is 6.27. The Morgan fingerprint density at radius 2 is 1.83 bits per heavy atom. The van der Waals surface area contributed by atoms with Crippen molar-refractivity contribution in [3.05, 3.63) is 59.9 Å². The molecule has 0 amide bonds. The van der Waals surface area contributed by atoms with E-state index in [0.29, 0.717) is 10.8 Å². The molecule has 5 nitrogen and oxygen atoms in total. The lowest BCUT2D eigenvalue weighted by molar-refractivity contribution is 0.0626. The molecular formula is C23H26N2O3S. The lowest BCUT2D eigenvalue weighted by Gasteiger charge is -2.26. The second-order valence-electron chi connectivity index (χ2n) is 8.32. The number of H-pyrrole nitrogens is 1. The standard InChI is InChI=1S/C23H26N2O3S/c26-29(27,20-7-8-20)19-5-3-17(4-6-19)21(14-16-9-12-28-13-10-16)22-15-18-2-1-11-24-23(18)25-22/h1-6,11,15-16,20-21H,7-10,12-14H2,(H,24,25). The highest BCUT2D eigenvalue weighted by Gasteiger charge is 2.36. The van der Waals surface area contributed by atoms with E-state index in [2.05, 4.69) is 22.1 Å². The second-order valence-corrected chi connectivity index (χ2v) is 10.6. The van der Waals surface area contributed by atoms with Crippen LogP contribution in [0.25, 0.3) is 11.0 Å². The zero-order valence-electron chi connectivity index (χ0n) is 16.4. The first-order valence-corrected chi connectivity index (χ1v) is 12.0. The summed E-state index contributed by atoms with van der Waals surface area (Å²) in [7, 11) is -3.15. The fourth-order valence-corrected chi connectivity index (χ4v) is 6.04. The summed E-state index contributed by atoms with van der Waals surface area (Å²) in [6.07, 6.45) is 6.54. The Balaban J connectivity index is 1.48. The summed E-state index contributed by atoms with van der Waals surface area (Å²) < 4.78 is 30.6. The molecule has 152 valence electrons. The normalized spacial score (nSPS) is 19.4. The van der Waals surface area contributed by atoms with E-state index in [-0.39, 0.29) is 11.2 Å². The van der Waals surface area contributed by atoms with Gasteiger partial charge >= 0.3 is 0 Å². The highest BCUT2D eigenvalue weighted by atomic mass is 32.2. The van der Waals surface area contributed by atoms with E-state index in [1.807, 2.05) is 18.2 Å². The molecule has 5 rings (SSSR count). The molecule has 1 aliphatic carbocycles. The molecule has 2 fully saturated rings. The number of aromatic amines is 1. The van der Waals surface area contributed by atoms with Crippen LogP contribution in [0.1, 0.15) is 49.3 Å². The first kappa shape index (κ1) is 18.8. The van der Waals surface area contributed by atoms with Crippen LogP contribution in [0.15, 0.2) is 53.6 Å². The van der Waals surface area contributed by atoms with Gasteiger partial charge in [0.2, 0.25) is 0 Å². The molecule has 6 heteroatoms. The molecule has 1 unspecified atom stereocenters. The molecule has 2 aromatic heterocycles. The number of aromatic nitrogens is 2.